The number of nitrogens with one attached hydrogen (secondary N) is 1. The Morgan fingerprint density at radius 3 is 2.50 bits per heavy atom. The molecule has 2 rings (SSSR count). The minimum atomic E-state index is -0.437. The molecule has 0 radical (unpaired) electrons. The van der Waals surface area contributed by atoms with Gasteiger partial charge in [-0.2, -0.15) is 0 Å². The molecule has 0 saturated heterocycles. The summed E-state index contributed by atoms with van der Waals surface area (Å²) in [5.74, 6) is -1.06. The maximum Gasteiger partial charge on any atom is 0.228 e. The van der Waals surface area contributed by atoms with Gasteiger partial charge >= 0.3 is 0 Å². The van der Waals surface area contributed by atoms with Gasteiger partial charge in [0.1, 0.15) is 11.6 Å². The molecule has 0 aliphatic heterocycles. The number of hydrogen-bond acceptors (Lipinski definition) is 1. The molecule has 0 aliphatic rings. The van der Waals surface area contributed by atoms with Gasteiger partial charge in [-0.05, 0) is 58.2 Å². The number of benzene rings is 2. The molecule has 0 aromatic heterocycles. The normalized spacial score (nSPS) is 10.4. The molecule has 0 atom stereocenters. The van der Waals surface area contributed by atoms with Crippen LogP contribution in [0.4, 0.5) is 14.5 Å². The van der Waals surface area contributed by atoms with Crippen LogP contribution in [0.3, 0.4) is 0 Å². The fraction of sp³-hybridized carbons (Fsp3) is 0.133. The van der Waals surface area contributed by atoms with Gasteiger partial charge in [0.25, 0.3) is 0 Å². The maximum absolute atomic E-state index is 13.4. The summed E-state index contributed by atoms with van der Waals surface area (Å²) >= 11 is 3.08. The Balaban J connectivity index is 2.08. The van der Waals surface area contributed by atoms with Crippen molar-refractivity contribution in [2.45, 2.75) is 13.3 Å². The highest BCUT2D eigenvalue weighted by molar-refractivity contribution is 9.10. The minimum absolute atomic E-state index is 0.109. The van der Waals surface area contributed by atoms with Crippen LogP contribution in [0.2, 0.25) is 0 Å². The molecule has 2 nitrogen and oxygen atoms in total. The average Bonchev–Trinajstić information content (AvgIpc) is 2.39. The van der Waals surface area contributed by atoms with Crippen molar-refractivity contribution in [1.29, 1.82) is 0 Å². The van der Waals surface area contributed by atoms with Crippen molar-refractivity contribution >= 4 is 27.5 Å². The Hall–Kier alpha value is -1.75. The van der Waals surface area contributed by atoms with Crippen LogP contribution in [-0.4, -0.2) is 5.91 Å². The topological polar surface area (TPSA) is 29.1 Å². The third-order valence-electron chi connectivity index (χ3n) is 2.82. The summed E-state index contributed by atoms with van der Waals surface area (Å²) in [6.07, 6.45) is 0.109. The van der Waals surface area contributed by atoms with E-state index in [9.17, 15) is 13.6 Å². The predicted octanol–water partition coefficient (Wildman–Crippen LogP) is 4.22. The van der Waals surface area contributed by atoms with Gasteiger partial charge in [-0.3, -0.25) is 4.79 Å². The minimum Gasteiger partial charge on any atom is -0.325 e. The van der Waals surface area contributed by atoms with Gasteiger partial charge in [-0.1, -0.05) is 12.1 Å². The second-order valence-corrected chi connectivity index (χ2v) is 5.29. The summed E-state index contributed by atoms with van der Waals surface area (Å²) in [7, 11) is 0. The van der Waals surface area contributed by atoms with Gasteiger partial charge in [-0.15, -0.1) is 0 Å². The van der Waals surface area contributed by atoms with Crippen LogP contribution >= 0.6 is 15.9 Å². The van der Waals surface area contributed by atoms with Crippen molar-refractivity contribution in [2.24, 2.45) is 0 Å². The number of hydrogen-bond donors (Lipinski definition) is 1. The molecule has 0 unspecified atom stereocenters. The van der Waals surface area contributed by atoms with Crippen molar-refractivity contribution in [1.82, 2.24) is 0 Å². The molecule has 1 N–H and O–H groups in total. The Morgan fingerprint density at radius 1 is 1.20 bits per heavy atom. The zero-order valence-electron chi connectivity index (χ0n) is 10.7. The zero-order chi connectivity index (χ0) is 14.7. The first-order chi connectivity index (χ1) is 9.45. The van der Waals surface area contributed by atoms with E-state index >= 15 is 0 Å². The lowest BCUT2D eigenvalue weighted by Gasteiger charge is -2.09. The van der Waals surface area contributed by atoms with Crippen LogP contribution in [0.5, 0.6) is 0 Å². The van der Waals surface area contributed by atoms with Gasteiger partial charge in [0.05, 0.1) is 10.9 Å². The molecule has 1 amide bonds. The average molecular weight is 340 g/mol. The summed E-state index contributed by atoms with van der Waals surface area (Å²) in [6.45, 7) is 1.78. The van der Waals surface area contributed by atoms with Gasteiger partial charge in [-0.25, -0.2) is 8.78 Å². The smallest absolute Gasteiger partial charge is 0.228 e. The van der Waals surface area contributed by atoms with Crippen LogP contribution in [0, 0.1) is 18.6 Å². The van der Waals surface area contributed by atoms with E-state index in [1.807, 2.05) is 0 Å². The summed E-state index contributed by atoms with van der Waals surface area (Å²) in [4.78, 5) is 11.9. The SMILES string of the molecule is Cc1cc(Br)c(F)cc1NC(=O)Cc1ccc(F)cc1. The molecule has 104 valence electrons. The number of rotatable bonds is 3. The van der Waals surface area contributed by atoms with Gasteiger partial charge in [0.2, 0.25) is 5.91 Å². The quantitative estimate of drug-likeness (QED) is 0.891. The highest BCUT2D eigenvalue weighted by atomic mass is 79.9. The highest BCUT2D eigenvalue weighted by Gasteiger charge is 2.09. The van der Waals surface area contributed by atoms with E-state index in [0.29, 0.717) is 15.7 Å². The molecule has 20 heavy (non-hydrogen) atoms. The van der Waals surface area contributed by atoms with Crippen LogP contribution < -0.4 is 5.32 Å². The summed E-state index contributed by atoms with van der Waals surface area (Å²) in [5.41, 5.74) is 1.88. The number of amides is 1. The number of carbonyl (C=O) groups excluding carboxylic acids is 1. The van der Waals surface area contributed by atoms with Crippen LogP contribution in [-0.2, 0) is 11.2 Å². The van der Waals surface area contributed by atoms with Crippen molar-refractivity contribution in [2.75, 3.05) is 5.32 Å². The molecule has 0 spiro atoms. The zero-order valence-corrected chi connectivity index (χ0v) is 12.3. The molecule has 0 aliphatic carbocycles. The number of halogens is 3. The van der Waals surface area contributed by atoms with Crippen molar-refractivity contribution < 1.29 is 13.6 Å². The van der Waals surface area contributed by atoms with E-state index in [-0.39, 0.29) is 18.1 Å². The van der Waals surface area contributed by atoms with Crippen LogP contribution in [0.1, 0.15) is 11.1 Å². The van der Waals surface area contributed by atoms with Crippen molar-refractivity contribution in [3.05, 3.63) is 63.6 Å². The monoisotopic (exact) mass is 339 g/mol. The van der Waals surface area contributed by atoms with Crippen molar-refractivity contribution in [3.8, 4) is 0 Å². The molecule has 2 aromatic carbocycles. The van der Waals surface area contributed by atoms with Gasteiger partial charge < -0.3 is 5.32 Å². The molecule has 0 saturated carbocycles. The fourth-order valence-electron chi connectivity index (χ4n) is 1.76. The largest absolute Gasteiger partial charge is 0.325 e. The molecule has 0 bridgehead atoms. The second kappa shape index (κ2) is 6.13. The highest BCUT2D eigenvalue weighted by Crippen LogP contribution is 2.24. The maximum atomic E-state index is 13.4. The molecule has 2 aromatic rings. The van der Waals surface area contributed by atoms with Crippen LogP contribution in [0.15, 0.2) is 40.9 Å². The fourth-order valence-corrected chi connectivity index (χ4v) is 2.22. The number of carbonyl (C=O) groups is 1. The Morgan fingerprint density at radius 2 is 1.85 bits per heavy atom. The van der Waals surface area contributed by atoms with E-state index < -0.39 is 5.82 Å². The van der Waals surface area contributed by atoms with E-state index in [4.69, 9.17) is 0 Å². The van der Waals surface area contributed by atoms with E-state index in [1.54, 1.807) is 25.1 Å². The molecule has 5 heteroatoms. The lowest BCUT2D eigenvalue weighted by atomic mass is 10.1. The van der Waals surface area contributed by atoms with Gasteiger partial charge in [0, 0.05) is 5.69 Å². The lowest BCUT2D eigenvalue weighted by Crippen LogP contribution is -2.15. The standard InChI is InChI=1S/C15H12BrF2NO/c1-9-6-12(16)13(18)8-14(9)19-15(20)7-10-2-4-11(17)5-3-10/h2-6,8H,7H2,1H3,(H,19,20). The van der Waals surface area contributed by atoms with E-state index in [1.165, 1.54) is 18.2 Å². The molecule has 0 heterocycles. The number of anilines is 1. The van der Waals surface area contributed by atoms with E-state index in [2.05, 4.69) is 21.2 Å². The third-order valence-corrected chi connectivity index (χ3v) is 3.43. The van der Waals surface area contributed by atoms with Gasteiger partial charge in [0.15, 0.2) is 0 Å². The summed E-state index contributed by atoms with van der Waals surface area (Å²) in [6, 6.07) is 8.55. The first-order valence-electron chi connectivity index (χ1n) is 5.95. The predicted molar refractivity (Wildman–Crippen MR) is 77.6 cm³/mol. The summed E-state index contributed by atoms with van der Waals surface area (Å²) in [5, 5.41) is 2.65. The van der Waals surface area contributed by atoms with Crippen molar-refractivity contribution in [3.63, 3.8) is 0 Å². The van der Waals surface area contributed by atoms with E-state index in [0.717, 1.165) is 5.56 Å². The number of aryl methyl sites for hydroxylation is 1. The molecular formula is C15H12BrF2NO. The Labute approximate surface area is 123 Å². The van der Waals surface area contributed by atoms with Crippen LogP contribution in [0.25, 0.3) is 0 Å². The molecule has 0 fully saturated rings. The lowest BCUT2D eigenvalue weighted by molar-refractivity contribution is -0.115. The first-order valence-corrected chi connectivity index (χ1v) is 6.75. The second-order valence-electron chi connectivity index (χ2n) is 4.43. The Bertz CT molecular complexity index is 641. The Kier molecular flexibility index (Phi) is 4.49. The summed E-state index contributed by atoms with van der Waals surface area (Å²) < 4.78 is 26.6. The molecular weight excluding hydrogens is 328 g/mol. The first kappa shape index (κ1) is 14.7. The third kappa shape index (κ3) is 3.63.